The van der Waals surface area contributed by atoms with Crippen LogP contribution in [0.1, 0.15) is 25.5 Å². The molecule has 3 aromatic rings. The van der Waals surface area contributed by atoms with Crippen LogP contribution in [-0.2, 0) is 17.9 Å². The van der Waals surface area contributed by atoms with Crippen LogP contribution in [-0.4, -0.2) is 28.3 Å². The third-order valence-corrected chi connectivity index (χ3v) is 5.83. The standard InChI is InChI=1S/C22H26N4O5S/c1-3-4-11-25-20(23)19(21(28)24-22(25)29)26(13-16-6-5-12-31-16)18(27)14-32-17-9-7-15(30-2)8-10-17/h5-10,12H,3-4,11,13-14,23H2,1-2H3,(H,24,28,29). The van der Waals surface area contributed by atoms with Gasteiger partial charge in [-0.05, 0) is 42.8 Å². The summed E-state index contributed by atoms with van der Waals surface area (Å²) >= 11 is 1.32. The first-order valence-electron chi connectivity index (χ1n) is 10.2. The van der Waals surface area contributed by atoms with Gasteiger partial charge in [0.25, 0.3) is 5.56 Å². The third-order valence-electron chi connectivity index (χ3n) is 4.84. The van der Waals surface area contributed by atoms with Crippen molar-refractivity contribution in [3.05, 3.63) is 69.3 Å². The summed E-state index contributed by atoms with van der Waals surface area (Å²) in [4.78, 5) is 42.6. The van der Waals surface area contributed by atoms with Gasteiger partial charge in [0.1, 0.15) is 17.3 Å². The maximum atomic E-state index is 13.2. The minimum atomic E-state index is -0.713. The van der Waals surface area contributed by atoms with Crippen LogP contribution < -0.4 is 26.6 Å². The molecule has 9 nitrogen and oxygen atoms in total. The lowest BCUT2D eigenvalue weighted by Crippen LogP contribution is -2.41. The summed E-state index contributed by atoms with van der Waals surface area (Å²) in [5.41, 5.74) is 4.86. The average molecular weight is 459 g/mol. The fourth-order valence-electron chi connectivity index (χ4n) is 3.12. The number of thioether (sulfide) groups is 1. The molecule has 0 radical (unpaired) electrons. The number of aromatic amines is 1. The maximum absolute atomic E-state index is 13.2. The topological polar surface area (TPSA) is 124 Å². The number of nitrogens with two attached hydrogens (primary N) is 1. The second-order valence-electron chi connectivity index (χ2n) is 7.02. The lowest BCUT2D eigenvalue weighted by Gasteiger charge is -2.23. The number of carbonyl (C=O) groups excluding carboxylic acids is 1. The molecule has 0 saturated heterocycles. The number of ether oxygens (including phenoxy) is 1. The Morgan fingerprint density at radius 1 is 1.25 bits per heavy atom. The van der Waals surface area contributed by atoms with Crippen molar-refractivity contribution in [2.24, 2.45) is 0 Å². The van der Waals surface area contributed by atoms with Gasteiger partial charge in [-0.25, -0.2) is 4.79 Å². The molecule has 0 fully saturated rings. The monoisotopic (exact) mass is 458 g/mol. The largest absolute Gasteiger partial charge is 0.497 e. The van der Waals surface area contributed by atoms with Gasteiger partial charge < -0.3 is 14.9 Å². The number of rotatable bonds is 10. The van der Waals surface area contributed by atoms with Gasteiger partial charge in [-0.1, -0.05) is 13.3 Å². The second-order valence-corrected chi connectivity index (χ2v) is 8.07. The van der Waals surface area contributed by atoms with E-state index in [0.717, 1.165) is 11.3 Å². The maximum Gasteiger partial charge on any atom is 0.330 e. The zero-order valence-electron chi connectivity index (χ0n) is 18.0. The number of carbonyl (C=O) groups is 1. The molecule has 0 atom stereocenters. The van der Waals surface area contributed by atoms with Crippen LogP contribution >= 0.6 is 11.8 Å². The Bertz CT molecular complexity index is 1150. The molecule has 32 heavy (non-hydrogen) atoms. The predicted molar refractivity (Wildman–Crippen MR) is 124 cm³/mol. The number of amides is 1. The van der Waals surface area contributed by atoms with Crippen LogP contribution in [0.15, 0.2) is 61.6 Å². The average Bonchev–Trinajstić information content (AvgIpc) is 3.30. The Balaban J connectivity index is 1.92. The number of nitrogen functional groups attached to an aromatic ring is 1. The Hall–Kier alpha value is -3.40. The van der Waals surface area contributed by atoms with Gasteiger partial charge in [-0.3, -0.25) is 24.0 Å². The zero-order chi connectivity index (χ0) is 23.1. The minimum absolute atomic E-state index is 0.00820. The third kappa shape index (κ3) is 5.44. The van der Waals surface area contributed by atoms with Crippen LogP contribution in [0.25, 0.3) is 0 Å². The molecule has 0 bridgehead atoms. The van der Waals surface area contributed by atoms with Crippen molar-refractivity contribution < 1.29 is 13.9 Å². The Labute approximate surface area is 189 Å². The SMILES string of the molecule is CCCCn1c(N)c(N(Cc2ccco2)C(=O)CSc2ccc(OC)cc2)c(=O)[nH]c1=O. The minimum Gasteiger partial charge on any atom is -0.497 e. The Morgan fingerprint density at radius 2 is 2.00 bits per heavy atom. The number of benzene rings is 1. The van der Waals surface area contributed by atoms with Crippen LogP contribution in [0.5, 0.6) is 5.75 Å². The number of furan rings is 1. The van der Waals surface area contributed by atoms with E-state index in [1.54, 1.807) is 31.4 Å². The van der Waals surface area contributed by atoms with Crippen molar-refractivity contribution in [1.82, 2.24) is 9.55 Å². The van der Waals surface area contributed by atoms with Crippen LogP contribution in [0.3, 0.4) is 0 Å². The smallest absolute Gasteiger partial charge is 0.330 e. The highest BCUT2D eigenvalue weighted by Gasteiger charge is 2.25. The summed E-state index contributed by atoms with van der Waals surface area (Å²) in [6, 6.07) is 10.7. The van der Waals surface area contributed by atoms with E-state index < -0.39 is 11.2 Å². The van der Waals surface area contributed by atoms with E-state index in [1.165, 1.54) is 27.5 Å². The highest BCUT2D eigenvalue weighted by Crippen LogP contribution is 2.25. The molecule has 10 heteroatoms. The molecule has 0 unspecified atom stereocenters. The number of H-pyrrole nitrogens is 1. The number of nitrogens with zero attached hydrogens (tertiary/aromatic N) is 2. The first kappa shape index (κ1) is 23.3. The molecule has 3 rings (SSSR count). The van der Waals surface area contributed by atoms with Crippen LogP contribution in [0.4, 0.5) is 11.5 Å². The molecule has 0 aliphatic carbocycles. The van der Waals surface area contributed by atoms with Gasteiger partial charge in [-0.15, -0.1) is 11.8 Å². The summed E-state index contributed by atoms with van der Waals surface area (Å²) in [6.45, 7) is 2.33. The van der Waals surface area contributed by atoms with Crippen molar-refractivity contribution >= 4 is 29.2 Å². The number of anilines is 2. The molecule has 0 saturated carbocycles. The molecule has 0 aliphatic rings. The lowest BCUT2D eigenvalue weighted by molar-refractivity contribution is -0.116. The second kappa shape index (κ2) is 10.8. The normalized spacial score (nSPS) is 10.8. The first-order chi connectivity index (χ1) is 15.4. The number of aromatic nitrogens is 2. The first-order valence-corrected chi connectivity index (χ1v) is 11.1. The molecule has 170 valence electrons. The predicted octanol–water partition coefficient (Wildman–Crippen LogP) is 2.85. The molecule has 0 aliphatic heterocycles. The summed E-state index contributed by atoms with van der Waals surface area (Å²) in [7, 11) is 1.58. The van der Waals surface area contributed by atoms with Gasteiger partial charge in [0.2, 0.25) is 5.91 Å². The van der Waals surface area contributed by atoms with Crippen molar-refractivity contribution in [1.29, 1.82) is 0 Å². The zero-order valence-corrected chi connectivity index (χ0v) is 18.8. The molecule has 2 aromatic heterocycles. The van der Waals surface area contributed by atoms with Crippen LogP contribution in [0.2, 0.25) is 0 Å². The van der Waals surface area contributed by atoms with E-state index in [4.69, 9.17) is 14.9 Å². The fourth-order valence-corrected chi connectivity index (χ4v) is 3.90. The number of methoxy groups -OCH3 is 1. The van der Waals surface area contributed by atoms with Gasteiger partial charge in [0.05, 0.1) is 25.7 Å². The van der Waals surface area contributed by atoms with E-state index in [-0.39, 0.29) is 29.7 Å². The van der Waals surface area contributed by atoms with Crippen molar-refractivity contribution in [3.8, 4) is 5.75 Å². The summed E-state index contributed by atoms with van der Waals surface area (Å²) in [5, 5.41) is 0. The van der Waals surface area contributed by atoms with E-state index in [2.05, 4.69) is 4.98 Å². The van der Waals surface area contributed by atoms with E-state index >= 15 is 0 Å². The highest BCUT2D eigenvalue weighted by atomic mass is 32.2. The number of nitrogens with one attached hydrogen (secondary N) is 1. The Kier molecular flexibility index (Phi) is 7.82. The molecular weight excluding hydrogens is 432 g/mol. The summed E-state index contributed by atoms with van der Waals surface area (Å²) in [6.07, 6.45) is 3.03. The van der Waals surface area contributed by atoms with Crippen LogP contribution in [0, 0.1) is 0 Å². The number of hydrogen-bond donors (Lipinski definition) is 2. The van der Waals surface area contributed by atoms with E-state index in [1.807, 2.05) is 19.1 Å². The molecular formula is C22H26N4O5S. The molecule has 3 N–H and O–H groups in total. The molecule has 1 amide bonds. The van der Waals surface area contributed by atoms with Gasteiger partial charge in [-0.2, -0.15) is 0 Å². The van der Waals surface area contributed by atoms with Gasteiger partial charge >= 0.3 is 5.69 Å². The van der Waals surface area contributed by atoms with Gasteiger partial charge in [0, 0.05) is 11.4 Å². The summed E-state index contributed by atoms with van der Waals surface area (Å²) < 4.78 is 11.8. The highest BCUT2D eigenvalue weighted by molar-refractivity contribution is 8.00. The number of hydrogen-bond acceptors (Lipinski definition) is 7. The lowest BCUT2D eigenvalue weighted by atomic mass is 10.3. The van der Waals surface area contributed by atoms with Crippen molar-refractivity contribution in [2.75, 3.05) is 23.5 Å². The quantitative estimate of drug-likeness (QED) is 0.448. The van der Waals surface area contributed by atoms with Gasteiger partial charge in [0.15, 0.2) is 5.69 Å². The van der Waals surface area contributed by atoms with E-state index in [9.17, 15) is 14.4 Å². The van der Waals surface area contributed by atoms with Crippen molar-refractivity contribution in [2.45, 2.75) is 37.8 Å². The molecule has 0 spiro atoms. The summed E-state index contributed by atoms with van der Waals surface area (Å²) in [5.74, 6) is 0.869. The van der Waals surface area contributed by atoms with E-state index in [0.29, 0.717) is 24.5 Å². The molecule has 1 aromatic carbocycles. The number of unbranched alkanes of at least 4 members (excludes halogenated alkanes) is 1. The van der Waals surface area contributed by atoms with Crippen molar-refractivity contribution in [3.63, 3.8) is 0 Å². The Morgan fingerprint density at radius 3 is 2.62 bits per heavy atom. The molecule has 2 heterocycles. The fraction of sp³-hybridized carbons (Fsp3) is 0.318.